The number of carboxylic acid groups (broad SMARTS) is 3. The third kappa shape index (κ3) is 197. The molecule has 0 saturated carbocycles. The highest BCUT2D eigenvalue weighted by Gasteiger charge is 1.84. The van der Waals surface area contributed by atoms with Gasteiger partial charge in [-0.05, 0) is 0 Å². The third-order valence-electron chi connectivity index (χ3n) is 1.09. The summed E-state index contributed by atoms with van der Waals surface area (Å²) in [5.74, 6) is -2.50. The molecule has 10 nitrogen and oxygen atoms in total. The number of carboxylic acids is 3. The van der Waals surface area contributed by atoms with Gasteiger partial charge in [-0.1, -0.05) is 0 Å². The summed E-state index contributed by atoms with van der Waals surface area (Å²) in [5, 5.41) is 36.8. The van der Waals surface area contributed by atoms with Crippen molar-refractivity contribution in [1.82, 2.24) is 10.6 Å². The Hall–Kier alpha value is -1.75. The molecule has 0 aromatic carbocycles. The van der Waals surface area contributed by atoms with E-state index in [-0.39, 0.29) is 6.61 Å². The van der Waals surface area contributed by atoms with Crippen molar-refractivity contribution in [3.8, 4) is 0 Å². The Kier molecular flexibility index (Phi) is 35.6. The number of aliphatic hydroxyl groups is 1. The highest BCUT2D eigenvalue weighted by atomic mass is 16.4. The second-order valence-electron chi connectivity index (χ2n) is 3.57. The normalized spacial score (nSPS) is 8.05. The van der Waals surface area contributed by atoms with Crippen LogP contribution in [0.5, 0.6) is 0 Å². The van der Waals surface area contributed by atoms with E-state index in [1.54, 1.807) is 0 Å². The highest BCUT2D eigenvalue weighted by Crippen LogP contribution is 1.58. The lowest BCUT2D eigenvalue weighted by Gasteiger charge is -2.02. The molecule has 0 bridgehead atoms. The lowest BCUT2D eigenvalue weighted by molar-refractivity contribution is -0.135. The van der Waals surface area contributed by atoms with E-state index in [1.165, 1.54) is 0 Å². The standard InChI is InChI=1S/C6H17N3O.3C2H4O2/c7-1-2-8-3-4-9-5-6-10;3*1-2(3)4/h8-10H,1-7H2;3*1H3,(H,3,4). The molecule has 0 amide bonds. The molecule has 10 heteroatoms. The van der Waals surface area contributed by atoms with Crippen LogP contribution in [-0.4, -0.2) is 77.7 Å². The summed E-state index contributed by atoms with van der Waals surface area (Å²) >= 11 is 0. The van der Waals surface area contributed by atoms with Crippen molar-refractivity contribution in [2.24, 2.45) is 5.73 Å². The van der Waals surface area contributed by atoms with Crippen molar-refractivity contribution < 1.29 is 34.8 Å². The van der Waals surface area contributed by atoms with Crippen molar-refractivity contribution in [2.45, 2.75) is 20.8 Å². The van der Waals surface area contributed by atoms with E-state index in [2.05, 4.69) is 10.6 Å². The molecular formula is C12H29N3O7. The SMILES string of the molecule is CC(=O)O.CC(=O)O.CC(=O)O.NCCNCCNCCO. The second-order valence-corrected chi connectivity index (χ2v) is 3.57. The second kappa shape index (κ2) is 27.6. The maximum atomic E-state index is 9.00. The monoisotopic (exact) mass is 327 g/mol. The van der Waals surface area contributed by atoms with Crippen molar-refractivity contribution in [3.05, 3.63) is 0 Å². The minimum Gasteiger partial charge on any atom is -0.481 e. The Morgan fingerprint density at radius 3 is 1.27 bits per heavy atom. The van der Waals surface area contributed by atoms with Crippen LogP contribution in [0, 0.1) is 0 Å². The van der Waals surface area contributed by atoms with Gasteiger partial charge >= 0.3 is 0 Å². The lowest BCUT2D eigenvalue weighted by Crippen LogP contribution is -2.31. The van der Waals surface area contributed by atoms with Gasteiger partial charge in [-0.25, -0.2) is 0 Å². The third-order valence-corrected chi connectivity index (χ3v) is 1.09. The van der Waals surface area contributed by atoms with Crippen LogP contribution in [-0.2, 0) is 14.4 Å². The number of hydrogen-bond donors (Lipinski definition) is 7. The molecule has 0 heterocycles. The summed E-state index contributed by atoms with van der Waals surface area (Å²) in [6.07, 6.45) is 0. The zero-order valence-electron chi connectivity index (χ0n) is 13.3. The molecule has 0 aromatic heterocycles. The zero-order valence-corrected chi connectivity index (χ0v) is 13.3. The number of hydrogen-bond acceptors (Lipinski definition) is 7. The molecule has 0 aliphatic rings. The largest absolute Gasteiger partial charge is 0.481 e. The van der Waals surface area contributed by atoms with Crippen LogP contribution in [0.25, 0.3) is 0 Å². The topological polar surface area (TPSA) is 182 Å². The van der Waals surface area contributed by atoms with Crippen LogP contribution < -0.4 is 16.4 Å². The fourth-order valence-corrected chi connectivity index (χ4v) is 0.608. The van der Waals surface area contributed by atoms with Crippen LogP contribution in [0.1, 0.15) is 20.8 Å². The molecule has 0 aliphatic heterocycles. The summed E-state index contributed by atoms with van der Waals surface area (Å²) in [7, 11) is 0. The summed E-state index contributed by atoms with van der Waals surface area (Å²) in [5.41, 5.74) is 5.25. The van der Waals surface area contributed by atoms with E-state index in [4.69, 9.17) is 40.5 Å². The van der Waals surface area contributed by atoms with Gasteiger partial charge in [0.05, 0.1) is 6.61 Å². The van der Waals surface area contributed by atoms with Gasteiger partial charge in [0.25, 0.3) is 17.9 Å². The lowest BCUT2D eigenvalue weighted by atomic mass is 10.5. The zero-order chi connectivity index (χ0) is 18.4. The molecule has 0 radical (unpaired) electrons. The molecule has 0 spiro atoms. The highest BCUT2D eigenvalue weighted by molar-refractivity contribution is 5.63. The number of aliphatic carboxylic acids is 3. The van der Waals surface area contributed by atoms with Gasteiger partial charge in [0, 0.05) is 53.5 Å². The number of nitrogens with two attached hydrogens (primary N) is 1. The van der Waals surface area contributed by atoms with Gasteiger partial charge in [-0.3, -0.25) is 14.4 Å². The minimum atomic E-state index is -0.833. The predicted octanol–water partition coefficient (Wildman–Crippen LogP) is -1.61. The van der Waals surface area contributed by atoms with Gasteiger partial charge in [0.15, 0.2) is 0 Å². The molecule has 8 N–H and O–H groups in total. The van der Waals surface area contributed by atoms with Crippen molar-refractivity contribution >= 4 is 17.9 Å². The van der Waals surface area contributed by atoms with Gasteiger partial charge < -0.3 is 36.8 Å². The van der Waals surface area contributed by atoms with E-state index < -0.39 is 17.9 Å². The van der Waals surface area contributed by atoms with Crippen LogP contribution in [0.2, 0.25) is 0 Å². The van der Waals surface area contributed by atoms with E-state index >= 15 is 0 Å². The molecule has 0 fully saturated rings. The maximum absolute atomic E-state index is 9.00. The Bertz CT molecular complexity index is 215. The van der Waals surface area contributed by atoms with Crippen molar-refractivity contribution in [2.75, 3.05) is 39.3 Å². The Morgan fingerprint density at radius 2 is 1.05 bits per heavy atom. The number of carbonyl (C=O) groups is 3. The van der Waals surface area contributed by atoms with Crippen LogP contribution in [0.15, 0.2) is 0 Å². The average Bonchev–Trinajstić information content (AvgIpc) is 2.31. The molecule has 22 heavy (non-hydrogen) atoms. The number of aliphatic hydroxyl groups excluding tert-OH is 1. The molecule has 134 valence electrons. The molecule has 0 atom stereocenters. The molecule has 0 unspecified atom stereocenters. The number of nitrogens with one attached hydrogen (secondary N) is 2. The summed E-state index contributed by atoms with van der Waals surface area (Å²) in [6, 6.07) is 0. The van der Waals surface area contributed by atoms with E-state index in [0.29, 0.717) is 13.1 Å². The molecular weight excluding hydrogens is 298 g/mol. The van der Waals surface area contributed by atoms with Crippen LogP contribution in [0.3, 0.4) is 0 Å². The van der Waals surface area contributed by atoms with Crippen molar-refractivity contribution in [3.63, 3.8) is 0 Å². The van der Waals surface area contributed by atoms with Gasteiger partial charge in [-0.15, -0.1) is 0 Å². The first-order chi connectivity index (χ1) is 10.1. The van der Waals surface area contributed by atoms with Gasteiger partial charge in [-0.2, -0.15) is 0 Å². The van der Waals surface area contributed by atoms with Crippen LogP contribution in [0.4, 0.5) is 0 Å². The van der Waals surface area contributed by atoms with E-state index in [0.717, 1.165) is 40.4 Å². The molecule has 0 aromatic rings. The summed E-state index contributed by atoms with van der Waals surface area (Å²) in [4.78, 5) is 27.0. The Morgan fingerprint density at radius 1 is 0.773 bits per heavy atom. The first kappa shape index (κ1) is 28.4. The quantitative estimate of drug-likeness (QED) is 0.268. The van der Waals surface area contributed by atoms with E-state index in [1.807, 2.05) is 0 Å². The first-order valence-corrected chi connectivity index (χ1v) is 6.42. The first-order valence-electron chi connectivity index (χ1n) is 6.42. The Balaban J connectivity index is -0.000000112. The summed E-state index contributed by atoms with van der Waals surface area (Å²) in [6.45, 7) is 7.47. The fraction of sp³-hybridized carbons (Fsp3) is 0.750. The molecule has 0 rings (SSSR count). The predicted molar refractivity (Wildman–Crippen MR) is 81.8 cm³/mol. The smallest absolute Gasteiger partial charge is 0.300 e. The molecule has 0 saturated heterocycles. The van der Waals surface area contributed by atoms with Gasteiger partial charge in [0.2, 0.25) is 0 Å². The van der Waals surface area contributed by atoms with Crippen LogP contribution >= 0.6 is 0 Å². The minimum absolute atomic E-state index is 0.205. The average molecular weight is 327 g/mol. The van der Waals surface area contributed by atoms with Gasteiger partial charge in [0.1, 0.15) is 0 Å². The molecule has 0 aliphatic carbocycles. The Labute approximate surface area is 130 Å². The maximum Gasteiger partial charge on any atom is 0.300 e. The summed E-state index contributed by atoms with van der Waals surface area (Å²) < 4.78 is 0. The fourth-order valence-electron chi connectivity index (χ4n) is 0.608. The van der Waals surface area contributed by atoms with E-state index in [9.17, 15) is 0 Å². The van der Waals surface area contributed by atoms with Crippen molar-refractivity contribution in [1.29, 1.82) is 0 Å². The number of rotatable bonds is 7.